The average Bonchev–Trinajstić information content (AvgIpc) is 3.32. The van der Waals surface area contributed by atoms with Gasteiger partial charge in [0, 0.05) is 16.1 Å². The van der Waals surface area contributed by atoms with Gasteiger partial charge in [0.25, 0.3) is 0 Å². The predicted molar refractivity (Wildman–Crippen MR) is 115 cm³/mol. The number of hydrogen-bond acceptors (Lipinski definition) is 4. The second-order valence-corrected chi connectivity index (χ2v) is 8.11. The molecule has 0 fully saturated rings. The summed E-state index contributed by atoms with van der Waals surface area (Å²) in [5.41, 5.74) is 5.94. The molecule has 7 heteroatoms. The van der Waals surface area contributed by atoms with Crippen LogP contribution in [0.4, 0.5) is 5.69 Å². The summed E-state index contributed by atoms with van der Waals surface area (Å²) in [5, 5.41) is 5.64. The van der Waals surface area contributed by atoms with Crippen LogP contribution < -0.4 is 5.32 Å². The minimum absolute atomic E-state index is 0.0491. The zero-order valence-electron chi connectivity index (χ0n) is 15.4. The Morgan fingerprint density at radius 1 is 1.18 bits per heavy atom. The van der Waals surface area contributed by atoms with Crippen LogP contribution in [-0.4, -0.2) is 20.9 Å². The Morgan fingerprint density at radius 3 is 2.64 bits per heavy atom. The zero-order chi connectivity index (χ0) is 19.7. The summed E-state index contributed by atoms with van der Waals surface area (Å²) in [6.45, 7) is 4.08. The number of benzene rings is 2. The van der Waals surface area contributed by atoms with E-state index in [-0.39, 0.29) is 17.7 Å². The summed E-state index contributed by atoms with van der Waals surface area (Å²) in [6.07, 6.45) is 0. The molecule has 0 aliphatic carbocycles. The van der Waals surface area contributed by atoms with E-state index in [1.54, 1.807) is 5.51 Å². The Morgan fingerprint density at radius 2 is 1.96 bits per heavy atom. The number of thiazole rings is 1. The van der Waals surface area contributed by atoms with Crippen molar-refractivity contribution in [3.8, 4) is 11.5 Å². The normalized spacial score (nSPS) is 12.4. The number of rotatable bonds is 5. The first-order valence-corrected chi connectivity index (χ1v) is 10.3. The molecule has 2 aromatic carbocycles. The summed E-state index contributed by atoms with van der Waals surface area (Å²) in [7, 11) is 0. The van der Waals surface area contributed by atoms with Crippen LogP contribution in [0.25, 0.3) is 22.6 Å². The van der Waals surface area contributed by atoms with Gasteiger partial charge in [-0.3, -0.25) is 4.79 Å². The van der Waals surface area contributed by atoms with E-state index in [9.17, 15) is 4.79 Å². The van der Waals surface area contributed by atoms with Crippen LogP contribution in [0.2, 0.25) is 5.02 Å². The van der Waals surface area contributed by atoms with E-state index >= 15 is 0 Å². The van der Waals surface area contributed by atoms with Crippen LogP contribution in [0.15, 0.2) is 53.4 Å². The molecule has 0 radical (unpaired) electrons. The first kappa shape index (κ1) is 18.7. The maximum absolute atomic E-state index is 13.0. The lowest BCUT2D eigenvalue weighted by atomic mass is 9.87. The molecule has 1 atom stereocenters. The largest absolute Gasteiger partial charge is 0.337 e. The third-order valence-electron chi connectivity index (χ3n) is 4.60. The smallest absolute Gasteiger partial charge is 0.232 e. The first-order chi connectivity index (χ1) is 13.5. The Kier molecular flexibility index (Phi) is 5.15. The van der Waals surface area contributed by atoms with Crippen molar-refractivity contribution in [1.82, 2.24) is 15.0 Å². The van der Waals surface area contributed by atoms with Crippen molar-refractivity contribution in [2.75, 3.05) is 5.32 Å². The van der Waals surface area contributed by atoms with Gasteiger partial charge in [-0.05, 0) is 41.8 Å². The predicted octanol–water partition coefficient (Wildman–Crippen LogP) is 5.72. The monoisotopic (exact) mass is 410 g/mol. The van der Waals surface area contributed by atoms with Crippen LogP contribution >= 0.6 is 22.9 Å². The van der Waals surface area contributed by atoms with E-state index in [1.807, 2.05) is 61.7 Å². The fraction of sp³-hybridized carbons (Fsp3) is 0.190. The number of amides is 1. The molecule has 2 heterocycles. The van der Waals surface area contributed by atoms with E-state index < -0.39 is 0 Å². The molecule has 0 bridgehead atoms. The number of H-pyrrole nitrogens is 1. The van der Waals surface area contributed by atoms with Crippen LogP contribution in [-0.2, 0) is 4.79 Å². The first-order valence-electron chi connectivity index (χ1n) is 8.96. The molecule has 0 saturated heterocycles. The van der Waals surface area contributed by atoms with Crippen molar-refractivity contribution in [2.24, 2.45) is 5.92 Å². The number of imidazole rings is 1. The number of nitrogens with zero attached hydrogens (tertiary/aromatic N) is 2. The molecule has 0 aliphatic rings. The van der Waals surface area contributed by atoms with Crippen LogP contribution in [0.1, 0.15) is 25.3 Å². The van der Waals surface area contributed by atoms with Crippen molar-refractivity contribution >= 4 is 45.6 Å². The van der Waals surface area contributed by atoms with Gasteiger partial charge in [-0.2, -0.15) is 0 Å². The van der Waals surface area contributed by atoms with Crippen molar-refractivity contribution < 1.29 is 4.79 Å². The lowest BCUT2D eigenvalue weighted by molar-refractivity contribution is -0.118. The van der Waals surface area contributed by atoms with Gasteiger partial charge in [0.15, 0.2) is 5.82 Å². The molecule has 4 rings (SSSR count). The molecule has 2 N–H and O–H groups in total. The average molecular weight is 411 g/mol. The third-order valence-corrected chi connectivity index (χ3v) is 5.44. The van der Waals surface area contributed by atoms with Gasteiger partial charge in [-0.15, -0.1) is 11.3 Å². The quantitative estimate of drug-likeness (QED) is 0.442. The molecule has 0 saturated carbocycles. The summed E-state index contributed by atoms with van der Waals surface area (Å²) < 4.78 is 0. The zero-order valence-corrected chi connectivity index (χ0v) is 17.0. The minimum Gasteiger partial charge on any atom is -0.337 e. The number of anilines is 1. The molecule has 1 amide bonds. The molecule has 0 aliphatic heterocycles. The molecule has 0 spiro atoms. The van der Waals surface area contributed by atoms with E-state index in [1.165, 1.54) is 11.3 Å². The Balaban J connectivity index is 1.59. The summed E-state index contributed by atoms with van der Waals surface area (Å²) in [5.74, 6) is 0.553. The molecular formula is C21H19ClN4OS. The molecule has 4 aromatic rings. The highest BCUT2D eigenvalue weighted by atomic mass is 35.5. The highest BCUT2D eigenvalue weighted by molar-refractivity contribution is 7.07. The molecule has 5 nitrogen and oxygen atoms in total. The SMILES string of the molecule is CC(C)[C@H](C(=O)Nc1ccc2[nH]c(-c3cscn3)nc2c1)c1ccc(Cl)cc1. The van der Waals surface area contributed by atoms with Crippen LogP contribution in [0, 0.1) is 5.92 Å². The lowest BCUT2D eigenvalue weighted by Crippen LogP contribution is -2.25. The number of carbonyl (C=O) groups excluding carboxylic acids is 1. The van der Waals surface area contributed by atoms with Crippen molar-refractivity contribution in [1.29, 1.82) is 0 Å². The Bertz CT molecular complexity index is 1100. The van der Waals surface area contributed by atoms with Crippen LogP contribution in [0.5, 0.6) is 0 Å². The van der Waals surface area contributed by atoms with Gasteiger partial charge < -0.3 is 10.3 Å². The van der Waals surface area contributed by atoms with Crippen molar-refractivity contribution in [3.05, 3.63) is 63.9 Å². The Hall–Kier alpha value is -2.70. The molecular weight excluding hydrogens is 392 g/mol. The van der Waals surface area contributed by atoms with Crippen molar-refractivity contribution in [2.45, 2.75) is 19.8 Å². The number of fused-ring (bicyclic) bond motifs is 1. The number of aromatic amines is 1. The van der Waals surface area contributed by atoms with Gasteiger partial charge in [0.05, 0.1) is 22.5 Å². The highest BCUT2D eigenvalue weighted by Crippen LogP contribution is 2.28. The number of halogens is 1. The minimum atomic E-state index is -0.266. The van der Waals surface area contributed by atoms with Crippen LogP contribution in [0.3, 0.4) is 0 Å². The van der Waals surface area contributed by atoms with E-state index in [2.05, 4.69) is 20.3 Å². The number of hydrogen-bond donors (Lipinski definition) is 2. The van der Waals surface area contributed by atoms with Gasteiger partial charge in [-0.25, -0.2) is 9.97 Å². The van der Waals surface area contributed by atoms with Crippen molar-refractivity contribution in [3.63, 3.8) is 0 Å². The van der Waals surface area contributed by atoms with E-state index in [0.29, 0.717) is 10.7 Å². The van der Waals surface area contributed by atoms with Gasteiger partial charge in [0.2, 0.25) is 5.91 Å². The number of aromatic nitrogens is 3. The Labute approximate surface area is 171 Å². The summed E-state index contributed by atoms with van der Waals surface area (Å²) in [4.78, 5) is 25.1. The summed E-state index contributed by atoms with van der Waals surface area (Å²) >= 11 is 7.51. The second-order valence-electron chi connectivity index (χ2n) is 6.95. The number of nitrogens with one attached hydrogen (secondary N) is 2. The molecule has 2 aromatic heterocycles. The van der Waals surface area contributed by atoms with Gasteiger partial charge in [-0.1, -0.05) is 37.6 Å². The summed E-state index contributed by atoms with van der Waals surface area (Å²) in [6, 6.07) is 13.1. The highest BCUT2D eigenvalue weighted by Gasteiger charge is 2.24. The molecule has 0 unspecified atom stereocenters. The lowest BCUT2D eigenvalue weighted by Gasteiger charge is -2.21. The van der Waals surface area contributed by atoms with Gasteiger partial charge in [0.1, 0.15) is 5.69 Å². The van der Waals surface area contributed by atoms with E-state index in [4.69, 9.17) is 11.6 Å². The van der Waals surface area contributed by atoms with Gasteiger partial charge >= 0.3 is 0 Å². The fourth-order valence-electron chi connectivity index (χ4n) is 3.26. The maximum Gasteiger partial charge on any atom is 0.232 e. The molecule has 28 heavy (non-hydrogen) atoms. The van der Waals surface area contributed by atoms with E-state index in [0.717, 1.165) is 28.1 Å². The topological polar surface area (TPSA) is 70.7 Å². The number of carbonyl (C=O) groups is 1. The second kappa shape index (κ2) is 7.73. The maximum atomic E-state index is 13.0. The third kappa shape index (κ3) is 3.79. The standard InChI is InChI=1S/C21H19ClN4OS/c1-12(2)19(13-3-5-14(22)6-4-13)21(27)24-15-7-8-16-17(9-15)26-20(25-16)18-10-28-11-23-18/h3-12,19H,1-2H3,(H,24,27)(H,25,26)/t19-/m0/s1. The fourth-order valence-corrected chi connectivity index (χ4v) is 3.93. The molecule has 142 valence electrons.